The zero-order valence-electron chi connectivity index (χ0n) is 17.1. The second kappa shape index (κ2) is 9.98. The summed E-state index contributed by atoms with van der Waals surface area (Å²) in [7, 11) is 3.47. The van der Waals surface area contributed by atoms with Crippen LogP contribution in [0, 0.1) is 0 Å². The van der Waals surface area contributed by atoms with Gasteiger partial charge in [0, 0.05) is 30.5 Å². The molecule has 0 radical (unpaired) electrons. The minimum absolute atomic E-state index is 0.245. The molecule has 1 atom stereocenters. The summed E-state index contributed by atoms with van der Waals surface area (Å²) in [6, 6.07) is 12.4. The average molecular weight is 426 g/mol. The number of hydrogen-bond acceptors (Lipinski definition) is 4. The molecule has 0 spiro atoms. The van der Waals surface area contributed by atoms with Crippen LogP contribution in [0.15, 0.2) is 60.9 Å². The summed E-state index contributed by atoms with van der Waals surface area (Å²) in [5.41, 5.74) is 1.71. The quantitative estimate of drug-likeness (QED) is 0.543. The number of nitrogens with zero attached hydrogens (tertiary/aromatic N) is 2. The van der Waals surface area contributed by atoms with Crippen LogP contribution in [0.3, 0.4) is 0 Å². The molecule has 3 aromatic rings. The van der Waals surface area contributed by atoms with E-state index in [9.17, 15) is 4.79 Å². The molecule has 0 fully saturated rings. The maximum atomic E-state index is 12.7. The predicted molar refractivity (Wildman–Crippen MR) is 118 cm³/mol. The van der Waals surface area contributed by atoms with Crippen molar-refractivity contribution in [2.45, 2.75) is 13.0 Å². The predicted octanol–water partition coefficient (Wildman–Crippen LogP) is 4.40. The van der Waals surface area contributed by atoms with Gasteiger partial charge in [-0.05, 0) is 48.4 Å². The number of imidazole rings is 1. The summed E-state index contributed by atoms with van der Waals surface area (Å²) in [5, 5.41) is 3.65. The van der Waals surface area contributed by atoms with Gasteiger partial charge in [-0.1, -0.05) is 29.8 Å². The van der Waals surface area contributed by atoms with Gasteiger partial charge in [-0.25, -0.2) is 4.98 Å². The minimum atomic E-state index is -0.408. The number of amides is 1. The number of hydrogen-bond donors (Lipinski definition) is 1. The zero-order chi connectivity index (χ0) is 21.5. The third kappa shape index (κ3) is 5.21. The molecular weight excluding hydrogens is 402 g/mol. The van der Waals surface area contributed by atoms with Gasteiger partial charge in [0.1, 0.15) is 11.9 Å². The van der Waals surface area contributed by atoms with E-state index < -0.39 is 6.04 Å². The van der Waals surface area contributed by atoms with Crippen LogP contribution in [0.2, 0.25) is 5.02 Å². The highest BCUT2D eigenvalue weighted by atomic mass is 35.5. The average Bonchev–Trinajstić information content (AvgIpc) is 3.17. The molecule has 0 saturated carbocycles. The Bertz CT molecular complexity index is 1030. The lowest BCUT2D eigenvalue weighted by Gasteiger charge is -2.18. The lowest BCUT2D eigenvalue weighted by Crippen LogP contribution is -2.29. The van der Waals surface area contributed by atoms with Crippen molar-refractivity contribution < 1.29 is 14.3 Å². The molecule has 2 aromatic carbocycles. The number of methoxy groups -OCH3 is 1. The molecule has 1 amide bonds. The second-order valence-electron chi connectivity index (χ2n) is 6.57. The summed E-state index contributed by atoms with van der Waals surface area (Å²) in [6.07, 6.45) is 6.75. The van der Waals surface area contributed by atoms with Crippen LogP contribution in [0.5, 0.6) is 11.5 Å². The number of carbonyl (C=O) groups is 1. The van der Waals surface area contributed by atoms with E-state index in [1.54, 1.807) is 31.5 Å². The van der Waals surface area contributed by atoms with E-state index in [2.05, 4.69) is 10.3 Å². The number of halogens is 1. The standard InChI is InChI=1S/C23H24ClN3O3/c1-4-30-19-11-5-16(15-20(19)29-3)6-12-21(28)26-22(23-25-13-14-27(23)2)17-7-9-18(24)10-8-17/h5-15,22H,4H2,1-3H3,(H,26,28)/b12-6+. The molecule has 156 valence electrons. The number of aryl methyl sites for hydroxylation is 1. The van der Waals surface area contributed by atoms with E-state index >= 15 is 0 Å². The third-order valence-corrected chi connectivity index (χ3v) is 4.77. The second-order valence-corrected chi connectivity index (χ2v) is 7.00. The molecule has 7 heteroatoms. The van der Waals surface area contributed by atoms with Crippen LogP contribution in [0.4, 0.5) is 0 Å². The van der Waals surface area contributed by atoms with Crippen LogP contribution in [-0.2, 0) is 11.8 Å². The molecule has 0 bridgehead atoms. The largest absolute Gasteiger partial charge is 0.493 e. The molecule has 30 heavy (non-hydrogen) atoms. The Kier molecular flexibility index (Phi) is 7.14. The van der Waals surface area contributed by atoms with Crippen LogP contribution >= 0.6 is 11.6 Å². The van der Waals surface area contributed by atoms with Crippen molar-refractivity contribution in [1.29, 1.82) is 0 Å². The summed E-state index contributed by atoms with van der Waals surface area (Å²) >= 11 is 6.01. The highest BCUT2D eigenvalue weighted by Gasteiger charge is 2.19. The molecule has 1 heterocycles. The number of rotatable bonds is 8. The monoisotopic (exact) mass is 425 g/mol. The van der Waals surface area contributed by atoms with E-state index in [0.717, 1.165) is 17.0 Å². The van der Waals surface area contributed by atoms with Crippen molar-refractivity contribution in [3.05, 3.63) is 82.9 Å². The first-order valence-corrected chi connectivity index (χ1v) is 9.91. The Morgan fingerprint density at radius 1 is 1.23 bits per heavy atom. The Morgan fingerprint density at radius 2 is 2.00 bits per heavy atom. The number of aromatic nitrogens is 2. The Hall–Kier alpha value is -3.25. The Labute approximate surface area is 181 Å². The zero-order valence-corrected chi connectivity index (χ0v) is 17.9. The van der Waals surface area contributed by atoms with Crippen LogP contribution in [0.1, 0.15) is 29.9 Å². The van der Waals surface area contributed by atoms with Gasteiger partial charge in [-0.3, -0.25) is 4.79 Å². The number of ether oxygens (including phenoxy) is 2. The van der Waals surface area contributed by atoms with E-state index in [0.29, 0.717) is 23.1 Å². The van der Waals surface area contributed by atoms with Gasteiger partial charge in [0.2, 0.25) is 5.91 Å². The lowest BCUT2D eigenvalue weighted by molar-refractivity contribution is -0.117. The molecule has 0 aliphatic carbocycles. The van der Waals surface area contributed by atoms with Crippen molar-refractivity contribution in [2.24, 2.45) is 7.05 Å². The smallest absolute Gasteiger partial charge is 0.244 e. The number of benzene rings is 2. The number of carbonyl (C=O) groups excluding carboxylic acids is 1. The normalized spacial score (nSPS) is 12.0. The minimum Gasteiger partial charge on any atom is -0.493 e. The molecule has 6 nitrogen and oxygen atoms in total. The molecule has 1 N–H and O–H groups in total. The maximum absolute atomic E-state index is 12.7. The van der Waals surface area contributed by atoms with Gasteiger partial charge < -0.3 is 19.4 Å². The van der Waals surface area contributed by atoms with Crippen LogP contribution in [-0.4, -0.2) is 29.2 Å². The third-order valence-electron chi connectivity index (χ3n) is 4.52. The van der Waals surface area contributed by atoms with Gasteiger partial charge in [-0.15, -0.1) is 0 Å². The summed E-state index contributed by atoms with van der Waals surface area (Å²) in [6.45, 7) is 2.46. The van der Waals surface area contributed by atoms with Crippen molar-refractivity contribution in [3.8, 4) is 11.5 Å². The highest BCUT2D eigenvalue weighted by molar-refractivity contribution is 6.30. The van der Waals surface area contributed by atoms with Gasteiger partial charge >= 0.3 is 0 Å². The Morgan fingerprint density at radius 3 is 2.63 bits per heavy atom. The first kappa shape index (κ1) is 21.5. The van der Waals surface area contributed by atoms with Gasteiger partial charge in [-0.2, -0.15) is 0 Å². The van der Waals surface area contributed by atoms with Gasteiger partial charge in [0.05, 0.1) is 13.7 Å². The molecule has 0 saturated heterocycles. The van der Waals surface area contributed by atoms with Crippen molar-refractivity contribution >= 4 is 23.6 Å². The fraction of sp³-hybridized carbons (Fsp3) is 0.217. The van der Waals surface area contributed by atoms with Crippen molar-refractivity contribution in [2.75, 3.05) is 13.7 Å². The number of nitrogens with one attached hydrogen (secondary N) is 1. The fourth-order valence-electron chi connectivity index (χ4n) is 3.03. The van der Waals surface area contributed by atoms with Gasteiger partial charge in [0.25, 0.3) is 0 Å². The van der Waals surface area contributed by atoms with Crippen molar-refractivity contribution in [1.82, 2.24) is 14.9 Å². The van der Waals surface area contributed by atoms with E-state index in [1.165, 1.54) is 6.08 Å². The molecule has 0 aliphatic heterocycles. The van der Waals surface area contributed by atoms with Gasteiger partial charge in [0.15, 0.2) is 11.5 Å². The molecule has 0 aliphatic rings. The maximum Gasteiger partial charge on any atom is 0.244 e. The summed E-state index contributed by atoms with van der Waals surface area (Å²) in [5.74, 6) is 1.76. The molecule has 3 rings (SSSR count). The first-order chi connectivity index (χ1) is 14.5. The fourth-order valence-corrected chi connectivity index (χ4v) is 3.16. The molecule has 1 unspecified atom stereocenters. The van der Waals surface area contributed by atoms with E-state index in [-0.39, 0.29) is 5.91 Å². The summed E-state index contributed by atoms with van der Waals surface area (Å²) < 4.78 is 12.8. The van der Waals surface area contributed by atoms with Crippen molar-refractivity contribution in [3.63, 3.8) is 0 Å². The highest BCUT2D eigenvalue weighted by Crippen LogP contribution is 2.28. The Balaban J connectivity index is 1.79. The topological polar surface area (TPSA) is 65.4 Å². The lowest BCUT2D eigenvalue weighted by atomic mass is 10.1. The molecular formula is C23H24ClN3O3. The SMILES string of the molecule is CCOc1ccc(/C=C/C(=O)NC(c2ccc(Cl)cc2)c2nccn2C)cc1OC. The van der Waals surface area contributed by atoms with Crippen LogP contribution in [0.25, 0.3) is 6.08 Å². The molecule has 1 aromatic heterocycles. The van der Waals surface area contributed by atoms with E-state index in [4.69, 9.17) is 21.1 Å². The van der Waals surface area contributed by atoms with E-state index in [1.807, 2.05) is 55.1 Å². The summed E-state index contributed by atoms with van der Waals surface area (Å²) in [4.78, 5) is 17.1. The van der Waals surface area contributed by atoms with Crippen LogP contribution < -0.4 is 14.8 Å². The first-order valence-electron chi connectivity index (χ1n) is 9.54.